The van der Waals surface area contributed by atoms with E-state index < -0.39 is 11.9 Å². The van der Waals surface area contributed by atoms with Gasteiger partial charge >= 0.3 is 5.97 Å². The van der Waals surface area contributed by atoms with Crippen LogP contribution in [0.25, 0.3) is 0 Å². The van der Waals surface area contributed by atoms with Crippen LogP contribution in [0.2, 0.25) is 0 Å². The number of aromatic nitrogens is 1. The van der Waals surface area contributed by atoms with Crippen LogP contribution in [0.4, 0.5) is 0 Å². The summed E-state index contributed by atoms with van der Waals surface area (Å²) in [6.07, 6.45) is 1.47. The number of nitrogens with one attached hydrogen (secondary N) is 1. The Hall–Kier alpha value is -1.95. The normalized spacial score (nSPS) is 10.4. The van der Waals surface area contributed by atoms with Gasteiger partial charge in [-0.05, 0) is 26.0 Å². The molecular weight excluding hydrogens is 236 g/mol. The molecule has 0 spiro atoms. The van der Waals surface area contributed by atoms with E-state index in [1.54, 1.807) is 0 Å². The van der Waals surface area contributed by atoms with Crippen molar-refractivity contribution in [2.75, 3.05) is 13.2 Å². The molecule has 0 saturated carbocycles. The predicted molar refractivity (Wildman–Crippen MR) is 64.6 cm³/mol. The molecule has 0 aliphatic carbocycles. The molecule has 0 radical (unpaired) electrons. The lowest BCUT2D eigenvalue weighted by molar-refractivity contribution is 0.0685. The third-order valence-electron chi connectivity index (χ3n) is 2.09. The van der Waals surface area contributed by atoms with Crippen molar-refractivity contribution in [1.29, 1.82) is 0 Å². The molecule has 2 N–H and O–H groups in total. The number of aromatic carboxylic acids is 1. The van der Waals surface area contributed by atoms with Crippen LogP contribution in [0.3, 0.4) is 0 Å². The minimum atomic E-state index is -1.17. The lowest BCUT2D eigenvalue weighted by atomic mass is 10.2. The highest BCUT2D eigenvalue weighted by Crippen LogP contribution is 2.04. The van der Waals surface area contributed by atoms with Crippen molar-refractivity contribution >= 4 is 11.9 Å². The molecule has 1 aromatic rings. The average Bonchev–Trinajstić information content (AvgIpc) is 2.34. The van der Waals surface area contributed by atoms with Gasteiger partial charge in [-0.2, -0.15) is 0 Å². The Balaban J connectivity index is 2.59. The molecule has 1 heterocycles. The van der Waals surface area contributed by atoms with E-state index in [4.69, 9.17) is 9.84 Å². The van der Waals surface area contributed by atoms with Gasteiger partial charge in [0.2, 0.25) is 0 Å². The van der Waals surface area contributed by atoms with Crippen molar-refractivity contribution in [3.8, 4) is 0 Å². The SMILES string of the molecule is CC(C)OCCNC(=O)c1ncccc1C(=O)O. The molecule has 0 saturated heterocycles. The summed E-state index contributed by atoms with van der Waals surface area (Å²) in [5.74, 6) is -1.69. The first-order chi connectivity index (χ1) is 8.52. The average molecular weight is 252 g/mol. The molecule has 0 bridgehead atoms. The lowest BCUT2D eigenvalue weighted by Crippen LogP contribution is -2.30. The van der Waals surface area contributed by atoms with Gasteiger partial charge in [0.15, 0.2) is 0 Å². The molecule has 1 aromatic heterocycles. The fraction of sp³-hybridized carbons (Fsp3) is 0.417. The first-order valence-electron chi connectivity index (χ1n) is 5.60. The number of hydrogen-bond donors (Lipinski definition) is 2. The van der Waals surface area contributed by atoms with Crippen molar-refractivity contribution in [2.45, 2.75) is 20.0 Å². The zero-order valence-corrected chi connectivity index (χ0v) is 10.3. The molecule has 0 aliphatic heterocycles. The Morgan fingerprint density at radius 1 is 1.50 bits per heavy atom. The number of carboxylic acid groups (broad SMARTS) is 1. The highest BCUT2D eigenvalue weighted by atomic mass is 16.5. The van der Waals surface area contributed by atoms with E-state index in [9.17, 15) is 9.59 Å². The molecule has 6 heteroatoms. The minimum Gasteiger partial charge on any atom is -0.478 e. The summed E-state index contributed by atoms with van der Waals surface area (Å²) in [5.41, 5.74) is -0.200. The van der Waals surface area contributed by atoms with Crippen LogP contribution in [0, 0.1) is 0 Å². The van der Waals surface area contributed by atoms with Gasteiger partial charge in [0.05, 0.1) is 18.3 Å². The molecule has 98 valence electrons. The smallest absolute Gasteiger partial charge is 0.338 e. The largest absolute Gasteiger partial charge is 0.478 e. The molecule has 0 aliphatic rings. The number of carbonyl (C=O) groups excluding carboxylic acids is 1. The number of nitrogens with zero attached hydrogens (tertiary/aromatic N) is 1. The highest BCUT2D eigenvalue weighted by molar-refractivity contribution is 6.03. The third-order valence-corrected chi connectivity index (χ3v) is 2.09. The quantitative estimate of drug-likeness (QED) is 0.735. The minimum absolute atomic E-state index is 0.0884. The summed E-state index contributed by atoms with van der Waals surface area (Å²) in [7, 11) is 0. The summed E-state index contributed by atoms with van der Waals surface area (Å²) in [4.78, 5) is 26.4. The number of ether oxygens (including phenoxy) is 1. The Labute approximate surface area is 105 Å². The van der Waals surface area contributed by atoms with Gasteiger partial charge in [0.25, 0.3) is 5.91 Å². The Morgan fingerprint density at radius 3 is 2.83 bits per heavy atom. The molecule has 0 aromatic carbocycles. The van der Waals surface area contributed by atoms with Crippen molar-refractivity contribution in [1.82, 2.24) is 10.3 Å². The van der Waals surface area contributed by atoms with E-state index in [1.807, 2.05) is 13.8 Å². The highest BCUT2D eigenvalue weighted by Gasteiger charge is 2.16. The van der Waals surface area contributed by atoms with E-state index in [2.05, 4.69) is 10.3 Å². The van der Waals surface area contributed by atoms with Crippen LogP contribution in [0.1, 0.15) is 34.7 Å². The van der Waals surface area contributed by atoms with Gasteiger partial charge in [-0.25, -0.2) is 4.79 Å². The number of carboxylic acids is 1. The molecular formula is C12H16N2O4. The molecule has 18 heavy (non-hydrogen) atoms. The second kappa shape index (κ2) is 6.70. The third kappa shape index (κ3) is 4.14. The van der Waals surface area contributed by atoms with Gasteiger partial charge in [-0.1, -0.05) is 0 Å². The monoisotopic (exact) mass is 252 g/mol. The number of pyridine rings is 1. The summed E-state index contributed by atoms with van der Waals surface area (Å²) < 4.78 is 5.25. The van der Waals surface area contributed by atoms with E-state index in [0.717, 1.165) is 0 Å². The van der Waals surface area contributed by atoms with Crippen molar-refractivity contribution in [3.05, 3.63) is 29.6 Å². The maximum Gasteiger partial charge on any atom is 0.338 e. The second-order valence-corrected chi connectivity index (χ2v) is 3.88. The van der Waals surface area contributed by atoms with Crippen LogP contribution < -0.4 is 5.32 Å². The Bertz CT molecular complexity index is 432. The van der Waals surface area contributed by atoms with Gasteiger partial charge in [0.1, 0.15) is 5.69 Å². The zero-order valence-electron chi connectivity index (χ0n) is 10.3. The van der Waals surface area contributed by atoms with Gasteiger partial charge in [-0.3, -0.25) is 9.78 Å². The standard InChI is InChI=1S/C12H16N2O4/c1-8(2)18-7-6-14-11(15)10-9(12(16)17)4-3-5-13-10/h3-5,8H,6-7H2,1-2H3,(H,14,15)(H,16,17). The molecule has 0 unspecified atom stereocenters. The summed E-state index contributed by atoms with van der Waals surface area (Å²) >= 11 is 0. The van der Waals surface area contributed by atoms with Crippen LogP contribution in [0.5, 0.6) is 0 Å². The maximum absolute atomic E-state index is 11.7. The molecule has 0 fully saturated rings. The van der Waals surface area contributed by atoms with Crippen LogP contribution in [-0.2, 0) is 4.74 Å². The van der Waals surface area contributed by atoms with E-state index in [1.165, 1.54) is 18.3 Å². The maximum atomic E-state index is 11.7. The number of amides is 1. The summed E-state index contributed by atoms with van der Waals surface area (Å²) in [6.45, 7) is 4.47. The Kier molecular flexibility index (Phi) is 5.26. The lowest BCUT2D eigenvalue weighted by Gasteiger charge is -2.09. The molecule has 1 rings (SSSR count). The van der Waals surface area contributed by atoms with Crippen LogP contribution >= 0.6 is 0 Å². The van der Waals surface area contributed by atoms with Gasteiger partial charge < -0.3 is 15.2 Å². The first-order valence-corrected chi connectivity index (χ1v) is 5.60. The molecule has 1 amide bonds. The summed E-state index contributed by atoms with van der Waals surface area (Å²) in [5, 5.41) is 11.5. The van der Waals surface area contributed by atoms with E-state index in [0.29, 0.717) is 13.2 Å². The zero-order chi connectivity index (χ0) is 13.5. The first kappa shape index (κ1) is 14.1. The fourth-order valence-electron chi connectivity index (χ4n) is 1.30. The van der Waals surface area contributed by atoms with Crippen molar-refractivity contribution in [2.24, 2.45) is 0 Å². The second-order valence-electron chi connectivity index (χ2n) is 3.88. The van der Waals surface area contributed by atoms with Crippen LogP contribution in [0.15, 0.2) is 18.3 Å². The van der Waals surface area contributed by atoms with Crippen molar-refractivity contribution < 1.29 is 19.4 Å². The Morgan fingerprint density at radius 2 is 2.22 bits per heavy atom. The number of rotatable bonds is 6. The van der Waals surface area contributed by atoms with Gasteiger partial charge in [0, 0.05) is 12.7 Å². The van der Waals surface area contributed by atoms with E-state index in [-0.39, 0.29) is 17.4 Å². The van der Waals surface area contributed by atoms with Crippen molar-refractivity contribution in [3.63, 3.8) is 0 Å². The molecule has 0 atom stereocenters. The fourth-order valence-corrected chi connectivity index (χ4v) is 1.30. The van der Waals surface area contributed by atoms with Crippen LogP contribution in [-0.4, -0.2) is 41.2 Å². The topological polar surface area (TPSA) is 88.5 Å². The van der Waals surface area contributed by atoms with Gasteiger partial charge in [-0.15, -0.1) is 0 Å². The molecule has 6 nitrogen and oxygen atoms in total. The summed E-state index contributed by atoms with van der Waals surface area (Å²) in [6, 6.07) is 2.82. The number of carbonyl (C=O) groups is 2. The predicted octanol–water partition coefficient (Wildman–Crippen LogP) is 0.935. The number of hydrogen-bond acceptors (Lipinski definition) is 4. The van der Waals surface area contributed by atoms with E-state index >= 15 is 0 Å².